The van der Waals surface area contributed by atoms with Gasteiger partial charge in [-0.3, -0.25) is 14.6 Å². The van der Waals surface area contributed by atoms with Gasteiger partial charge in [-0.25, -0.2) is 5.01 Å². The van der Waals surface area contributed by atoms with Gasteiger partial charge in [0.05, 0.1) is 11.8 Å². The van der Waals surface area contributed by atoms with Gasteiger partial charge in [-0.15, -0.1) is 0 Å². The Hall–Kier alpha value is -3.48. The van der Waals surface area contributed by atoms with Crippen molar-refractivity contribution in [1.29, 1.82) is 0 Å². The monoisotopic (exact) mass is 387 g/mol. The van der Waals surface area contributed by atoms with E-state index in [0.29, 0.717) is 6.42 Å². The van der Waals surface area contributed by atoms with Gasteiger partial charge < -0.3 is 9.88 Å². The van der Waals surface area contributed by atoms with Crippen LogP contribution in [0.3, 0.4) is 0 Å². The molecule has 1 atom stereocenters. The van der Waals surface area contributed by atoms with Crippen molar-refractivity contribution in [3.8, 4) is 0 Å². The molecular formula is C22H21N5O2. The Balaban J connectivity index is 1.54. The van der Waals surface area contributed by atoms with E-state index in [9.17, 15) is 9.59 Å². The molecule has 1 saturated heterocycles. The number of aromatic nitrogens is 2. The number of carbonyl (C=O) groups is 2. The maximum Gasteiger partial charge on any atom is 0.266 e. The SMILES string of the molecule is CC1(C)c2[nH]c3ccccc3c2CC2C(=O)N(N=Cc3cccnc3)CC(=O)N21. The second-order valence-electron chi connectivity index (χ2n) is 7.99. The summed E-state index contributed by atoms with van der Waals surface area (Å²) in [7, 11) is 0. The van der Waals surface area contributed by atoms with Gasteiger partial charge >= 0.3 is 0 Å². The molecule has 5 rings (SSSR count). The molecule has 7 heteroatoms. The number of fused-ring (bicyclic) bond motifs is 4. The predicted molar refractivity (Wildman–Crippen MR) is 109 cm³/mol. The molecule has 2 amide bonds. The van der Waals surface area contributed by atoms with Crippen molar-refractivity contribution in [2.45, 2.75) is 31.8 Å². The molecule has 1 aromatic carbocycles. The fourth-order valence-corrected chi connectivity index (χ4v) is 4.55. The lowest BCUT2D eigenvalue weighted by Gasteiger charge is -2.50. The number of piperazine rings is 1. The number of nitrogens with one attached hydrogen (secondary N) is 1. The number of amides is 2. The highest BCUT2D eigenvalue weighted by atomic mass is 16.2. The van der Waals surface area contributed by atoms with Crippen LogP contribution >= 0.6 is 0 Å². The number of pyridine rings is 1. The van der Waals surface area contributed by atoms with E-state index >= 15 is 0 Å². The molecule has 146 valence electrons. The quantitative estimate of drug-likeness (QED) is 0.686. The molecule has 1 unspecified atom stereocenters. The van der Waals surface area contributed by atoms with Crippen LogP contribution in [0.25, 0.3) is 10.9 Å². The Labute approximate surface area is 168 Å². The number of hydrogen-bond donors (Lipinski definition) is 1. The van der Waals surface area contributed by atoms with Crippen LogP contribution in [0.2, 0.25) is 0 Å². The van der Waals surface area contributed by atoms with E-state index in [1.807, 2.05) is 38.1 Å². The van der Waals surface area contributed by atoms with Gasteiger partial charge in [0.15, 0.2) is 0 Å². The summed E-state index contributed by atoms with van der Waals surface area (Å²) >= 11 is 0. The van der Waals surface area contributed by atoms with Gasteiger partial charge in [0, 0.05) is 41.0 Å². The smallest absolute Gasteiger partial charge is 0.266 e. The van der Waals surface area contributed by atoms with Crippen molar-refractivity contribution in [1.82, 2.24) is 19.9 Å². The van der Waals surface area contributed by atoms with E-state index in [0.717, 1.165) is 27.7 Å². The van der Waals surface area contributed by atoms with Crippen molar-refractivity contribution in [3.05, 3.63) is 65.6 Å². The summed E-state index contributed by atoms with van der Waals surface area (Å²) in [4.78, 5) is 35.6. The predicted octanol–water partition coefficient (Wildman–Crippen LogP) is 2.43. The van der Waals surface area contributed by atoms with Gasteiger partial charge in [-0.1, -0.05) is 24.3 Å². The molecule has 4 heterocycles. The molecule has 1 fully saturated rings. The average Bonchev–Trinajstić information content (AvgIpc) is 3.10. The molecule has 0 aliphatic carbocycles. The molecule has 2 aliphatic rings. The first kappa shape index (κ1) is 17.6. The lowest BCUT2D eigenvalue weighted by atomic mass is 9.82. The second-order valence-corrected chi connectivity index (χ2v) is 7.99. The van der Waals surface area contributed by atoms with Crippen LogP contribution in [0.5, 0.6) is 0 Å². The molecule has 1 N–H and O–H groups in total. The minimum Gasteiger partial charge on any atom is -0.356 e. The standard InChI is InChI=1S/C22H21N5O2/c1-22(2)20-16(15-7-3-4-8-17(15)25-20)10-18-21(29)26(13-19(28)27(18)22)24-12-14-6-5-9-23-11-14/h3-9,11-12,18,25H,10,13H2,1-2H3. The van der Waals surface area contributed by atoms with E-state index in [1.54, 1.807) is 29.6 Å². The Kier molecular flexibility index (Phi) is 3.81. The van der Waals surface area contributed by atoms with E-state index in [4.69, 9.17) is 0 Å². The zero-order valence-electron chi connectivity index (χ0n) is 16.3. The summed E-state index contributed by atoms with van der Waals surface area (Å²) in [5, 5.41) is 6.68. The molecule has 2 aliphatic heterocycles. The molecular weight excluding hydrogens is 366 g/mol. The van der Waals surface area contributed by atoms with Crippen LogP contribution in [0, 0.1) is 0 Å². The molecule has 0 bridgehead atoms. The lowest BCUT2D eigenvalue weighted by Crippen LogP contribution is -2.66. The van der Waals surface area contributed by atoms with Gasteiger partial charge in [-0.2, -0.15) is 5.10 Å². The lowest BCUT2D eigenvalue weighted by molar-refractivity contribution is -0.163. The first-order valence-electron chi connectivity index (χ1n) is 9.64. The highest BCUT2D eigenvalue weighted by molar-refractivity contribution is 5.98. The Morgan fingerprint density at radius 3 is 2.83 bits per heavy atom. The third kappa shape index (κ3) is 2.65. The number of aromatic amines is 1. The first-order chi connectivity index (χ1) is 14.0. The molecule has 0 radical (unpaired) electrons. The first-order valence-corrected chi connectivity index (χ1v) is 9.64. The van der Waals surface area contributed by atoms with Gasteiger partial charge in [-0.05, 0) is 31.5 Å². The van der Waals surface area contributed by atoms with Crippen molar-refractivity contribution in [2.75, 3.05) is 6.54 Å². The van der Waals surface area contributed by atoms with E-state index < -0.39 is 11.6 Å². The third-order valence-electron chi connectivity index (χ3n) is 5.86. The van der Waals surface area contributed by atoms with Crippen molar-refractivity contribution >= 4 is 28.9 Å². The largest absolute Gasteiger partial charge is 0.356 e. The summed E-state index contributed by atoms with van der Waals surface area (Å²) in [6, 6.07) is 11.1. The maximum atomic E-state index is 13.3. The fourth-order valence-electron chi connectivity index (χ4n) is 4.55. The minimum absolute atomic E-state index is 0.0644. The second kappa shape index (κ2) is 6.27. The average molecular weight is 387 g/mol. The maximum absolute atomic E-state index is 13.3. The number of benzene rings is 1. The van der Waals surface area contributed by atoms with E-state index in [2.05, 4.69) is 21.1 Å². The van der Waals surface area contributed by atoms with Crippen LogP contribution in [0.4, 0.5) is 0 Å². The van der Waals surface area contributed by atoms with Crippen LogP contribution in [0.15, 0.2) is 53.9 Å². The topological polar surface area (TPSA) is 81.7 Å². The summed E-state index contributed by atoms with van der Waals surface area (Å²) in [5.74, 6) is -0.263. The number of nitrogens with zero attached hydrogens (tertiary/aromatic N) is 4. The minimum atomic E-state index is -0.608. The van der Waals surface area contributed by atoms with E-state index in [-0.39, 0.29) is 18.4 Å². The summed E-state index contributed by atoms with van der Waals surface area (Å²) in [6.07, 6.45) is 5.38. The number of hydrazone groups is 1. The zero-order valence-corrected chi connectivity index (χ0v) is 16.3. The number of carbonyl (C=O) groups excluding carboxylic acids is 2. The highest BCUT2D eigenvalue weighted by Gasteiger charge is 2.51. The number of para-hydroxylation sites is 1. The summed E-state index contributed by atoms with van der Waals surface area (Å²) < 4.78 is 0. The van der Waals surface area contributed by atoms with E-state index in [1.165, 1.54) is 5.01 Å². The highest BCUT2D eigenvalue weighted by Crippen LogP contribution is 2.42. The molecule has 2 aromatic heterocycles. The molecule has 29 heavy (non-hydrogen) atoms. The van der Waals surface area contributed by atoms with Gasteiger partial charge in [0.2, 0.25) is 5.91 Å². The Bertz CT molecular complexity index is 1150. The van der Waals surface area contributed by atoms with Crippen LogP contribution < -0.4 is 0 Å². The molecule has 0 spiro atoms. The van der Waals surface area contributed by atoms with Crippen LogP contribution in [-0.4, -0.2) is 50.5 Å². The normalized spacial score (nSPS) is 21.0. The summed E-state index contributed by atoms with van der Waals surface area (Å²) in [6.45, 7) is 3.92. The van der Waals surface area contributed by atoms with Gasteiger partial charge in [0.1, 0.15) is 12.6 Å². The number of hydrogen-bond acceptors (Lipinski definition) is 4. The van der Waals surface area contributed by atoms with Crippen molar-refractivity contribution < 1.29 is 9.59 Å². The zero-order chi connectivity index (χ0) is 20.2. The number of rotatable bonds is 2. The molecule has 3 aromatic rings. The van der Waals surface area contributed by atoms with Gasteiger partial charge in [0.25, 0.3) is 5.91 Å². The third-order valence-corrected chi connectivity index (χ3v) is 5.86. The fraction of sp³-hybridized carbons (Fsp3) is 0.273. The van der Waals surface area contributed by atoms with Crippen LogP contribution in [-0.2, 0) is 21.5 Å². The molecule has 0 saturated carbocycles. The van der Waals surface area contributed by atoms with Crippen molar-refractivity contribution in [2.24, 2.45) is 5.10 Å². The summed E-state index contributed by atoms with van der Waals surface area (Å²) in [5.41, 5.74) is 3.30. The Morgan fingerprint density at radius 2 is 2.03 bits per heavy atom. The van der Waals surface area contributed by atoms with Crippen LogP contribution in [0.1, 0.15) is 30.7 Å². The number of H-pyrrole nitrogens is 1. The Morgan fingerprint density at radius 1 is 1.21 bits per heavy atom. The van der Waals surface area contributed by atoms with Crippen molar-refractivity contribution in [3.63, 3.8) is 0 Å². The molecule has 7 nitrogen and oxygen atoms in total.